The number of aryl methyl sites for hydroxylation is 1. The summed E-state index contributed by atoms with van der Waals surface area (Å²) in [5.41, 5.74) is 5.19. The number of hydrogen-bond acceptors (Lipinski definition) is 6. The first-order chi connectivity index (χ1) is 18.6. The lowest BCUT2D eigenvalue weighted by molar-refractivity contribution is 0.0697. The number of aromatic amines is 1. The summed E-state index contributed by atoms with van der Waals surface area (Å²) in [6.07, 6.45) is 5.40. The van der Waals surface area contributed by atoms with Gasteiger partial charge in [0.15, 0.2) is 17.5 Å². The first kappa shape index (κ1) is 25.0. The van der Waals surface area contributed by atoms with Gasteiger partial charge in [0.1, 0.15) is 0 Å². The number of H-pyrrole nitrogens is 1. The van der Waals surface area contributed by atoms with Crippen molar-refractivity contribution in [2.75, 3.05) is 0 Å². The van der Waals surface area contributed by atoms with E-state index in [0.29, 0.717) is 12.4 Å². The minimum absolute atomic E-state index is 0.247. The number of tetrazole rings is 1. The van der Waals surface area contributed by atoms with Gasteiger partial charge in [-0.1, -0.05) is 86.8 Å². The Kier molecular flexibility index (Phi) is 7.63. The molecule has 0 aliphatic rings. The van der Waals surface area contributed by atoms with Crippen molar-refractivity contribution >= 4 is 5.97 Å². The number of unbranched alkanes of at least 4 members (excludes halogenated alkanes) is 3. The number of nitrogens with zero attached hydrogens (tertiary/aromatic N) is 6. The molecule has 0 aliphatic carbocycles. The van der Waals surface area contributed by atoms with Crippen molar-refractivity contribution < 1.29 is 9.90 Å². The fraction of sp³-hybridized carbons (Fsp3) is 0.241. The van der Waals surface area contributed by atoms with Crippen LogP contribution >= 0.6 is 0 Å². The Hall–Kier alpha value is -4.66. The van der Waals surface area contributed by atoms with E-state index >= 15 is 0 Å². The second kappa shape index (κ2) is 11.6. The molecule has 2 aromatic heterocycles. The highest BCUT2D eigenvalue weighted by molar-refractivity contribution is 5.88. The summed E-state index contributed by atoms with van der Waals surface area (Å²) in [4.78, 5) is 16.1. The van der Waals surface area contributed by atoms with Crippen LogP contribution in [0.4, 0.5) is 0 Å². The van der Waals surface area contributed by atoms with Gasteiger partial charge in [0, 0.05) is 17.5 Å². The van der Waals surface area contributed by atoms with E-state index in [1.54, 1.807) is 24.3 Å². The van der Waals surface area contributed by atoms with E-state index in [2.05, 4.69) is 51.8 Å². The normalized spacial score (nSPS) is 11.1. The zero-order chi connectivity index (χ0) is 26.3. The lowest BCUT2D eigenvalue weighted by Gasteiger charge is -2.10. The average Bonchev–Trinajstić information content (AvgIpc) is 3.62. The number of rotatable bonds is 11. The SMILES string of the molecule is CCCCCCc1nc(-c2ccc(C(=O)O)cc2)n(Cc2ccc(-c3ccccc3-c3nnn[nH]3)cc2)n1. The molecular weight excluding hydrogens is 478 g/mol. The quantitative estimate of drug-likeness (QED) is 0.221. The van der Waals surface area contributed by atoms with Crippen molar-refractivity contribution in [3.8, 4) is 33.9 Å². The molecule has 0 spiro atoms. The van der Waals surface area contributed by atoms with Crippen molar-refractivity contribution in [2.45, 2.75) is 45.6 Å². The molecule has 3 aromatic carbocycles. The third-order valence-electron chi connectivity index (χ3n) is 6.48. The highest BCUT2D eigenvalue weighted by Gasteiger charge is 2.15. The Balaban J connectivity index is 1.41. The minimum atomic E-state index is -0.948. The summed E-state index contributed by atoms with van der Waals surface area (Å²) in [7, 11) is 0. The number of aromatic nitrogens is 7. The van der Waals surface area contributed by atoms with Gasteiger partial charge in [-0.15, -0.1) is 5.10 Å². The molecule has 0 unspecified atom stereocenters. The molecule has 0 saturated heterocycles. The largest absolute Gasteiger partial charge is 0.478 e. The van der Waals surface area contributed by atoms with Gasteiger partial charge in [0.05, 0.1) is 12.1 Å². The summed E-state index contributed by atoms with van der Waals surface area (Å²) < 4.78 is 1.91. The molecule has 0 saturated carbocycles. The molecule has 2 N–H and O–H groups in total. The van der Waals surface area contributed by atoms with Crippen molar-refractivity contribution in [1.29, 1.82) is 0 Å². The van der Waals surface area contributed by atoms with Gasteiger partial charge in [0.25, 0.3) is 0 Å². The Morgan fingerprint density at radius 3 is 2.32 bits per heavy atom. The second-order valence-electron chi connectivity index (χ2n) is 9.19. The molecule has 0 radical (unpaired) electrons. The minimum Gasteiger partial charge on any atom is -0.478 e. The zero-order valence-electron chi connectivity index (χ0n) is 21.2. The third-order valence-corrected chi connectivity index (χ3v) is 6.48. The Labute approximate surface area is 220 Å². The highest BCUT2D eigenvalue weighted by Crippen LogP contribution is 2.30. The van der Waals surface area contributed by atoms with Crippen LogP contribution < -0.4 is 0 Å². The number of carboxylic acids is 1. The van der Waals surface area contributed by atoms with Gasteiger partial charge in [-0.2, -0.15) is 5.10 Å². The molecule has 0 amide bonds. The summed E-state index contributed by atoms with van der Waals surface area (Å²) in [6, 6.07) is 23.1. The topological polar surface area (TPSA) is 122 Å². The first-order valence-electron chi connectivity index (χ1n) is 12.8. The number of carbonyl (C=O) groups is 1. The van der Waals surface area contributed by atoms with E-state index in [1.807, 2.05) is 28.9 Å². The van der Waals surface area contributed by atoms with Crippen molar-refractivity contribution in [3.05, 3.63) is 89.7 Å². The first-order valence-corrected chi connectivity index (χ1v) is 12.8. The summed E-state index contributed by atoms with van der Waals surface area (Å²) >= 11 is 0. The second-order valence-corrected chi connectivity index (χ2v) is 9.19. The molecule has 0 fully saturated rings. The molecule has 0 atom stereocenters. The zero-order valence-corrected chi connectivity index (χ0v) is 21.2. The van der Waals surface area contributed by atoms with Crippen LogP contribution in [-0.2, 0) is 13.0 Å². The lowest BCUT2D eigenvalue weighted by atomic mass is 9.98. The molecule has 0 aliphatic heterocycles. The summed E-state index contributed by atoms with van der Waals surface area (Å²) in [6.45, 7) is 2.74. The van der Waals surface area contributed by atoms with Gasteiger partial charge < -0.3 is 5.11 Å². The maximum Gasteiger partial charge on any atom is 0.335 e. The molecule has 5 rings (SSSR count). The van der Waals surface area contributed by atoms with Gasteiger partial charge >= 0.3 is 5.97 Å². The lowest BCUT2D eigenvalue weighted by Crippen LogP contribution is -2.05. The van der Waals surface area contributed by atoms with E-state index in [4.69, 9.17) is 10.1 Å². The van der Waals surface area contributed by atoms with Gasteiger partial charge in [-0.25, -0.2) is 19.6 Å². The fourth-order valence-electron chi connectivity index (χ4n) is 4.47. The predicted octanol–water partition coefficient (Wildman–Crippen LogP) is 5.66. The summed E-state index contributed by atoms with van der Waals surface area (Å²) in [5, 5.41) is 28.4. The van der Waals surface area contributed by atoms with Crippen LogP contribution in [0.3, 0.4) is 0 Å². The number of benzene rings is 3. The number of nitrogens with one attached hydrogen (secondary N) is 1. The van der Waals surface area contributed by atoms with Crippen molar-refractivity contribution in [2.24, 2.45) is 0 Å². The molecule has 5 aromatic rings. The van der Waals surface area contributed by atoms with Gasteiger partial charge in [-0.05, 0) is 45.7 Å². The van der Waals surface area contributed by atoms with E-state index in [9.17, 15) is 9.90 Å². The van der Waals surface area contributed by atoms with Crippen LogP contribution in [0.2, 0.25) is 0 Å². The van der Waals surface area contributed by atoms with E-state index in [-0.39, 0.29) is 5.56 Å². The molecule has 0 bridgehead atoms. The average molecular weight is 508 g/mol. The van der Waals surface area contributed by atoms with Gasteiger partial charge in [0.2, 0.25) is 0 Å². The number of hydrogen-bond donors (Lipinski definition) is 2. The monoisotopic (exact) mass is 507 g/mol. The number of aromatic carboxylic acids is 1. The molecule has 192 valence electrons. The van der Waals surface area contributed by atoms with E-state index in [1.165, 1.54) is 12.8 Å². The molecule has 9 nitrogen and oxygen atoms in total. The third kappa shape index (κ3) is 5.67. The smallest absolute Gasteiger partial charge is 0.335 e. The molecular formula is C29H29N7O2. The van der Waals surface area contributed by atoms with Crippen LogP contribution in [0.25, 0.3) is 33.9 Å². The van der Waals surface area contributed by atoms with Crippen LogP contribution in [0.1, 0.15) is 54.4 Å². The molecule has 2 heterocycles. The molecule has 38 heavy (non-hydrogen) atoms. The summed E-state index contributed by atoms with van der Waals surface area (Å²) in [5.74, 6) is 1.22. The number of carboxylic acid groups (broad SMARTS) is 1. The Morgan fingerprint density at radius 1 is 0.895 bits per heavy atom. The fourth-order valence-corrected chi connectivity index (χ4v) is 4.47. The maximum absolute atomic E-state index is 11.3. The Bertz CT molecular complexity index is 1490. The van der Waals surface area contributed by atoms with Crippen molar-refractivity contribution in [3.63, 3.8) is 0 Å². The van der Waals surface area contributed by atoms with Gasteiger partial charge in [-0.3, -0.25) is 0 Å². The maximum atomic E-state index is 11.3. The Morgan fingerprint density at radius 2 is 1.63 bits per heavy atom. The molecule has 9 heteroatoms. The van der Waals surface area contributed by atoms with Crippen molar-refractivity contribution in [1.82, 2.24) is 35.4 Å². The van der Waals surface area contributed by atoms with Crippen LogP contribution in [0.15, 0.2) is 72.8 Å². The van der Waals surface area contributed by atoms with Crippen LogP contribution in [-0.4, -0.2) is 46.5 Å². The van der Waals surface area contributed by atoms with Crippen LogP contribution in [0.5, 0.6) is 0 Å². The standard InChI is InChI=1S/C29H29N7O2/c1-2-3-4-5-10-26-30-28(22-15-17-23(18-16-22)29(37)38)36(33-26)19-20-11-13-21(14-12-20)24-8-6-7-9-25(24)27-31-34-35-32-27/h6-9,11-18H,2-5,10,19H2,1H3,(H,37,38)(H,31,32,34,35). The van der Waals surface area contributed by atoms with E-state index in [0.717, 1.165) is 58.7 Å². The van der Waals surface area contributed by atoms with Crippen LogP contribution in [0, 0.1) is 0 Å². The predicted molar refractivity (Wildman–Crippen MR) is 144 cm³/mol. The highest BCUT2D eigenvalue weighted by atomic mass is 16.4. The van der Waals surface area contributed by atoms with E-state index < -0.39 is 5.97 Å².